The summed E-state index contributed by atoms with van der Waals surface area (Å²) < 4.78 is 5.98. The highest BCUT2D eigenvalue weighted by Crippen LogP contribution is 2.29. The SMILES string of the molecule is Cc1ccccc1C(CN)OC1CCC1. The summed E-state index contributed by atoms with van der Waals surface area (Å²) in [5.41, 5.74) is 8.29. The Morgan fingerprint density at radius 1 is 1.40 bits per heavy atom. The summed E-state index contributed by atoms with van der Waals surface area (Å²) in [7, 11) is 0. The highest BCUT2D eigenvalue weighted by Gasteiger charge is 2.23. The van der Waals surface area contributed by atoms with Crippen LogP contribution in [0.25, 0.3) is 0 Å². The number of rotatable bonds is 4. The molecular formula is C13H19NO. The zero-order valence-electron chi connectivity index (χ0n) is 9.28. The maximum Gasteiger partial charge on any atom is 0.0953 e. The Morgan fingerprint density at radius 3 is 2.67 bits per heavy atom. The molecule has 1 aromatic carbocycles. The molecular weight excluding hydrogens is 186 g/mol. The van der Waals surface area contributed by atoms with E-state index in [2.05, 4.69) is 31.2 Å². The predicted molar refractivity (Wildman–Crippen MR) is 61.7 cm³/mol. The monoisotopic (exact) mass is 205 g/mol. The molecule has 0 amide bonds. The smallest absolute Gasteiger partial charge is 0.0953 e. The van der Waals surface area contributed by atoms with Crippen LogP contribution in [0.5, 0.6) is 0 Å². The Labute approximate surface area is 91.4 Å². The summed E-state index contributed by atoms with van der Waals surface area (Å²) in [6.45, 7) is 2.68. The van der Waals surface area contributed by atoms with Crippen LogP contribution in [0.4, 0.5) is 0 Å². The van der Waals surface area contributed by atoms with Crippen LogP contribution in [0.2, 0.25) is 0 Å². The van der Waals surface area contributed by atoms with Gasteiger partial charge in [-0.15, -0.1) is 0 Å². The van der Waals surface area contributed by atoms with Crippen LogP contribution in [0, 0.1) is 6.92 Å². The lowest BCUT2D eigenvalue weighted by Crippen LogP contribution is -2.27. The second-order valence-corrected chi connectivity index (χ2v) is 4.27. The van der Waals surface area contributed by atoms with E-state index < -0.39 is 0 Å². The summed E-state index contributed by atoms with van der Waals surface area (Å²) in [5.74, 6) is 0. The van der Waals surface area contributed by atoms with Crippen molar-refractivity contribution in [3.8, 4) is 0 Å². The lowest BCUT2D eigenvalue weighted by molar-refractivity contribution is -0.0489. The van der Waals surface area contributed by atoms with Gasteiger partial charge in [-0.3, -0.25) is 0 Å². The third-order valence-electron chi connectivity index (χ3n) is 3.16. The van der Waals surface area contributed by atoms with Gasteiger partial charge in [-0.1, -0.05) is 24.3 Å². The van der Waals surface area contributed by atoms with Crippen LogP contribution < -0.4 is 5.73 Å². The van der Waals surface area contributed by atoms with E-state index in [-0.39, 0.29) is 6.10 Å². The predicted octanol–water partition coefficient (Wildman–Crippen LogP) is 2.56. The van der Waals surface area contributed by atoms with E-state index in [0.29, 0.717) is 12.6 Å². The summed E-state index contributed by atoms with van der Waals surface area (Å²) >= 11 is 0. The van der Waals surface area contributed by atoms with E-state index in [9.17, 15) is 0 Å². The first kappa shape index (κ1) is 10.7. The van der Waals surface area contributed by atoms with Crippen molar-refractivity contribution < 1.29 is 4.74 Å². The number of nitrogens with two attached hydrogens (primary N) is 1. The molecule has 1 aromatic rings. The van der Waals surface area contributed by atoms with E-state index in [1.807, 2.05) is 0 Å². The number of hydrogen-bond donors (Lipinski definition) is 1. The topological polar surface area (TPSA) is 35.2 Å². The van der Waals surface area contributed by atoms with Crippen LogP contribution in [-0.2, 0) is 4.74 Å². The van der Waals surface area contributed by atoms with Gasteiger partial charge in [-0.05, 0) is 37.3 Å². The van der Waals surface area contributed by atoms with Gasteiger partial charge in [0.2, 0.25) is 0 Å². The van der Waals surface area contributed by atoms with Crippen molar-refractivity contribution in [1.29, 1.82) is 0 Å². The highest BCUT2D eigenvalue weighted by atomic mass is 16.5. The van der Waals surface area contributed by atoms with Gasteiger partial charge >= 0.3 is 0 Å². The second-order valence-electron chi connectivity index (χ2n) is 4.27. The van der Waals surface area contributed by atoms with Crippen LogP contribution in [0.15, 0.2) is 24.3 Å². The van der Waals surface area contributed by atoms with Gasteiger partial charge in [0.05, 0.1) is 12.2 Å². The van der Waals surface area contributed by atoms with Crippen molar-refractivity contribution in [2.75, 3.05) is 6.54 Å². The normalized spacial score (nSPS) is 18.5. The van der Waals surface area contributed by atoms with E-state index in [1.54, 1.807) is 0 Å². The van der Waals surface area contributed by atoms with Gasteiger partial charge < -0.3 is 10.5 Å². The average molecular weight is 205 g/mol. The Hall–Kier alpha value is -0.860. The number of benzene rings is 1. The van der Waals surface area contributed by atoms with Crippen LogP contribution in [-0.4, -0.2) is 12.6 Å². The first-order valence-electron chi connectivity index (χ1n) is 5.72. The molecule has 0 saturated heterocycles. The fraction of sp³-hybridized carbons (Fsp3) is 0.538. The van der Waals surface area contributed by atoms with Crippen molar-refractivity contribution >= 4 is 0 Å². The van der Waals surface area contributed by atoms with Crippen molar-refractivity contribution in [1.82, 2.24) is 0 Å². The molecule has 2 N–H and O–H groups in total. The van der Waals surface area contributed by atoms with Crippen molar-refractivity contribution in [2.24, 2.45) is 5.73 Å². The molecule has 1 atom stereocenters. The first-order chi connectivity index (χ1) is 7.31. The van der Waals surface area contributed by atoms with Crippen molar-refractivity contribution in [3.63, 3.8) is 0 Å². The van der Waals surface area contributed by atoms with Crippen molar-refractivity contribution in [2.45, 2.75) is 38.4 Å². The Bertz CT molecular complexity index is 320. The molecule has 1 aliphatic carbocycles. The van der Waals surface area contributed by atoms with Gasteiger partial charge in [0, 0.05) is 6.54 Å². The zero-order chi connectivity index (χ0) is 10.7. The van der Waals surface area contributed by atoms with Crippen LogP contribution in [0.3, 0.4) is 0 Å². The molecule has 0 radical (unpaired) electrons. The standard InChI is InChI=1S/C13H19NO/c1-10-5-2-3-8-12(10)13(9-14)15-11-6-4-7-11/h2-3,5,8,11,13H,4,6-7,9,14H2,1H3. The molecule has 1 unspecified atom stereocenters. The van der Waals surface area contributed by atoms with E-state index in [1.165, 1.54) is 30.4 Å². The van der Waals surface area contributed by atoms with Gasteiger partial charge in [0.25, 0.3) is 0 Å². The Morgan fingerprint density at radius 2 is 2.13 bits per heavy atom. The Balaban J connectivity index is 2.07. The second kappa shape index (κ2) is 4.77. The third kappa shape index (κ3) is 2.39. The molecule has 15 heavy (non-hydrogen) atoms. The lowest BCUT2D eigenvalue weighted by Gasteiger charge is -2.30. The molecule has 0 bridgehead atoms. The maximum absolute atomic E-state index is 5.98. The van der Waals surface area contributed by atoms with Gasteiger partial charge in [0.1, 0.15) is 0 Å². The first-order valence-corrected chi connectivity index (χ1v) is 5.72. The zero-order valence-corrected chi connectivity index (χ0v) is 9.28. The Kier molecular flexibility index (Phi) is 3.39. The summed E-state index contributed by atoms with van der Waals surface area (Å²) in [4.78, 5) is 0. The molecule has 0 heterocycles. The molecule has 2 heteroatoms. The minimum absolute atomic E-state index is 0.0801. The molecule has 1 fully saturated rings. The summed E-state index contributed by atoms with van der Waals surface area (Å²) in [6, 6.07) is 8.33. The quantitative estimate of drug-likeness (QED) is 0.820. The number of hydrogen-bond acceptors (Lipinski definition) is 2. The fourth-order valence-electron chi connectivity index (χ4n) is 1.94. The van der Waals surface area contributed by atoms with Crippen LogP contribution >= 0.6 is 0 Å². The molecule has 1 aliphatic rings. The largest absolute Gasteiger partial charge is 0.369 e. The summed E-state index contributed by atoms with van der Waals surface area (Å²) in [6.07, 6.45) is 4.22. The van der Waals surface area contributed by atoms with E-state index in [4.69, 9.17) is 10.5 Å². The number of aryl methyl sites for hydroxylation is 1. The molecule has 0 aromatic heterocycles. The van der Waals surface area contributed by atoms with E-state index >= 15 is 0 Å². The fourth-order valence-corrected chi connectivity index (χ4v) is 1.94. The number of ether oxygens (including phenoxy) is 1. The molecule has 2 rings (SSSR count). The third-order valence-corrected chi connectivity index (χ3v) is 3.16. The van der Waals surface area contributed by atoms with E-state index in [0.717, 1.165) is 0 Å². The minimum atomic E-state index is 0.0801. The average Bonchev–Trinajstić information content (AvgIpc) is 2.19. The molecule has 82 valence electrons. The lowest BCUT2D eigenvalue weighted by atomic mass is 9.95. The van der Waals surface area contributed by atoms with Gasteiger partial charge in [-0.25, -0.2) is 0 Å². The van der Waals surface area contributed by atoms with Gasteiger partial charge in [0.15, 0.2) is 0 Å². The van der Waals surface area contributed by atoms with Crippen molar-refractivity contribution in [3.05, 3.63) is 35.4 Å². The minimum Gasteiger partial charge on any atom is -0.369 e. The molecule has 0 spiro atoms. The highest BCUT2D eigenvalue weighted by molar-refractivity contribution is 5.28. The van der Waals surface area contributed by atoms with Gasteiger partial charge in [-0.2, -0.15) is 0 Å². The molecule has 2 nitrogen and oxygen atoms in total. The summed E-state index contributed by atoms with van der Waals surface area (Å²) in [5, 5.41) is 0. The molecule has 1 saturated carbocycles. The molecule has 0 aliphatic heterocycles. The maximum atomic E-state index is 5.98. The van der Waals surface area contributed by atoms with Crippen LogP contribution in [0.1, 0.15) is 36.5 Å².